The fourth-order valence-electron chi connectivity index (χ4n) is 1.97. The van der Waals surface area contributed by atoms with Crippen LogP contribution in [-0.4, -0.2) is 68.7 Å². The molecule has 0 saturated heterocycles. The van der Waals surface area contributed by atoms with E-state index in [4.69, 9.17) is 35.7 Å². The highest BCUT2D eigenvalue weighted by Crippen LogP contribution is 2.35. The number of unbranched alkanes of at least 4 members (excludes halogenated alkanes) is 2. The molecule has 7 N–H and O–H groups in total. The van der Waals surface area contributed by atoms with E-state index in [9.17, 15) is 14.2 Å². The average molecular weight is 441 g/mol. The first-order valence-corrected chi connectivity index (χ1v) is 10.3. The molecule has 0 aromatic heterocycles. The lowest BCUT2D eigenvalue weighted by Crippen LogP contribution is -2.39. The second-order valence-electron chi connectivity index (χ2n) is 5.98. The third kappa shape index (κ3) is 13.3. The molecule has 0 aromatic carbocycles. The molecule has 13 heteroatoms. The maximum absolute atomic E-state index is 11.2. The number of phosphoric ester groups is 1. The second-order valence-corrected chi connectivity index (χ2v) is 7.22. The number of hydrogen-bond donors (Lipinski definition) is 6. The Bertz CT molecular complexity index is 616. The zero-order valence-corrected chi connectivity index (χ0v) is 16.8. The molecule has 29 heavy (non-hydrogen) atoms. The fraction of sp³-hybridized carbons (Fsp3) is 0.625. The van der Waals surface area contributed by atoms with Crippen molar-refractivity contribution in [1.29, 1.82) is 0 Å². The van der Waals surface area contributed by atoms with Gasteiger partial charge in [0, 0.05) is 6.42 Å². The number of ether oxygens (including phenoxy) is 1. The maximum Gasteiger partial charge on any atom is 0.469 e. The highest BCUT2D eigenvalue weighted by Gasteiger charge is 2.23. The number of nitrogens with two attached hydrogens (primary N) is 1. The van der Waals surface area contributed by atoms with Crippen LogP contribution >= 0.6 is 7.82 Å². The molecule has 0 unspecified atom stereocenters. The molecule has 0 bridgehead atoms. The minimum absolute atomic E-state index is 0.0417. The first-order valence-electron chi connectivity index (χ1n) is 8.73. The summed E-state index contributed by atoms with van der Waals surface area (Å²) >= 11 is 0. The van der Waals surface area contributed by atoms with Crippen molar-refractivity contribution >= 4 is 19.8 Å². The fourth-order valence-corrected chi connectivity index (χ4v) is 2.33. The van der Waals surface area contributed by atoms with Gasteiger partial charge in [0.2, 0.25) is 0 Å². The molecule has 0 fully saturated rings. The number of aliphatic hydroxyl groups excluding tert-OH is 1. The summed E-state index contributed by atoms with van der Waals surface area (Å²) in [5.74, 6) is -1.54. The molecule has 0 radical (unpaired) electrons. The standard InChI is InChI=1S/C9H19O8P.C7H9NO3/c1-2-3-4-5-9(10)15-6-8(17-11)7-16-18(12,13)14;8-6-4(7(10)11)2-1-3-5(6)9/h8,11H,2-7H2,1H3,(H2,12,13,14);1-3,5-6,9H,8H2,(H,10,11)/t8-;5-,6-/m10/s1. The molecular weight excluding hydrogens is 413 g/mol. The molecule has 0 spiro atoms. The average Bonchev–Trinajstić information content (AvgIpc) is 2.64. The van der Waals surface area contributed by atoms with E-state index in [1.807, 2.05) is 6.92 Å². The van der Waals surface area contributed by atoms with E-state index in [2.05, 4.69) is 9.41 Å². The Balaban J connectivity index is 0.000000604. The van der Waals surface area contributed by atoms with Crippen LogP contribution in [0.3, 0.4) is 0 Å². The zero-order valence-electron chi connectivity index (χ0n) is 15.9. The number of allylic oxidation sites excluding steroid dienone is 2. The van der Waals surface area contributed by atoms with Crippen molar-refractivity contribution in [3.8, 4) is 0 Å². The van der Waals surface area contributed by atoms with Crippen LogP contribution in [0.5, 0.6) is 0 Å². The van der Waals surface area contributed by atoms with Gasteiger partial charge in [0.05, 0.1) is 24.3 Å². The van der Waals surface area contributed by atoms with Gasteiger partial charge in [0.1, 0.15) is 6.61 Å². The Morgan fingerprint density at radius 1 is 1.28 bits per heavy atom. The van der Waals surface area contributed by atoms with Crippen LogP contribution in [0.2, 0.25) is 0 Å². The lowest BCUT2D eigenvalue weighted by molar-refractivity contribution is -0.290. The third-order valence-corrected chi connectivity index (χ3v) is 4.04. The number of carboxylic acid groups (broad SMARTS) is 1. The molecule has 1 rings (SSSR count). The Labute approximate surface area is 167 Å². The third-order valence-electron chi connectivity index (χ3n) is 3.55. The van der Waals surface area contributed by atoms with Gasteiger partial charge < -0.3 is 30.5 Å². The SMILES string of the molecule is CCCCCC(=O)OC[C@H](COP(=O)(O)O)OO.N[C@H]1C(C(=O)O)=CC=C[C@@H]1O. The summed E-state index contributed by atoms with van der Waals surface area (Å²) < 4.78 is 19.2. The number of carboxylic acids is 1. The van der Waals surface area contributed by atoms with Crippen molar-refractivity contribution in [2.24, 2.45) is 5.73 Å². The van der Waals surface area contributed by atoms with Crippen molar-refractivity contribution in [2.45, 2.75) is 50.9 Å². The van der Waals surface area contributed by atoms with E-state index < -0.39 is 44.6 Å². The summed E-state index contributed by atoms with van der Waals surface area (Å²) in [6, 6.07) is -0.808. The van der Waals surface area contributed by atoms with Crippen molar-refractivity contribution in [3.05, 3.63) is 23.8 Å². The maximum atomic E-state index is 11.2. The van der Waals surface area contributed by atoms with Crippen molar-refractivity contribution < 1.29 is 53.6 Å². The number of phosphoric acid groups is 1. The summed E-state index contributed by atoms with van der Waals surface area (Å²) in [6.07, 6.45) is 5.17. The first kappa shape index (κ1) is 27.4. The number of carbonyl (C=O) groups excluding carboxylic acids is 1. The Morgan fingerprint density at radius 2 is 1.93 bits per heavy atom. The summed E-state index contributed by atoms with van der Waals surface area (Å²) in [7, 11) is -4.63. The second kappa shape index (κ2) is 14.4. The van der Waals surface area contributed by atoms with E-state index in [-0.39, 0.29) is 18.6 Å². The van der Waals surface area contributed by atoms with Gasteiger partial charge in [0.15, 0.2) is 6.10 Å². The van der Waals surface area contributed by atoms with Gasteiger partial charge in [-0.2, -0.15) is 0 Å². The van der Waals surface area contributed by atoms with Crippen LogP contribution in [-0.2, 0) is 28.3 Å². The van der Waals surface area contributed by atoms with Gasteiger partial charge in [-0.15, -0.1) is 0 Å². The molecule has 12 nitrogen and oxygen atoms in total. The molecule has 168 valence electrons. The number of hydrogen-bond acceptors (Lipinski definition) is 9. The summed E-state index contributed by atoms with van der Waals surface area (Å²) in [6.45, 7) is 1.09. The van der Waals surface area contributed by atoms with Gasteiger partial charge in [-0.05, 0) is 6.42 Å². The molecule has 0 aliphatic heterocycles. The predicted octanol–water partition coefficient (Wildman–Crippen LogP) is 0.333. The molecule has 3 atom stereocenters. The lowest BCUT2D eigenvalue weighted by Gasteiger charge is -2.18. The summed E-state index contributed by atoms with van der Waals surface area (Å²) in [5.41, 5.74) is 5.41. The van der Waals surface area contributed by atoms with Crippen LogP contribution in [0.25, 0.3) is 0 Å². The van der Waals surface area contributed by atoms with Crippen LogP contribution < -0.4 is 5.73 Å². The van der Waals surface area contributed by atoms with Gasteiger partial charge >= 0.3 is 19.8 Å². The quantitative estimate of drug-likeness (QED) is 0.0843. The lowest BCUT2D eigenvalue weighted by atomic mass is 9.97. The predicted molar refractivity (Wildman–Crippen MR) is 99.4 cm³/mol. The van der Waals surface area contributed by atoms with Gasteiger partial charge in [-0.1, -0.05) is 38.0 Å². The largest absolute Gasteiger partial charge is 0.478 e. The van der Waals surface area contributed by atoms with Crippen molar-refractivity contribution in [2.75, 3.05) is 13.2 Å². The van der Waals surface area contributed by atoms with E-state index in [1.54, 1.807) is 0 Å². The van der Waals surface area contributed by atoms with Gasteiger partial charge in [-0.25, -0.2) is 14.2 Å². The zero-order chi connectivity index (χ0) is 22.4. The first-order chi connectivity index (χ1) is 13.5. The van der Waals surface area contributed by atoms with E-state index in [0.717, 1.165) is 12.8 Å². The number of aliphatic hydroxyl groups is 1. The normalized spacial score (nSPS) is 19.6. The monoisotopic (exact) mass is 441 g/mol. The topological polar surface area (TPSA) is 206 Å². The highest BCUT2D eigenvalue weighted by atomic mass is 31.2. The molecule has 1 aliphatic rings. The van der Waals surface area contributed by atoms with Gasteiger partial charge in [-0.3, -0.25) is 14.6 Å². The van der Waals surface area contributed by atoms with Crippen LogP contribution in [0.15, 0.2) is 23.8 Å². The Kier molecular flexibility index (Phi) is 13.6. The number of rotatable bonds is 11. The number of esters is 1. The van der Waals surface area contributed by atoms with Crippen molar-refractivity contribution in [3.63, 3.8) is 0 Å². The molecule has 0 aromatic rings. The van der Waals surface area contributed by atoms with Crippen LogP contribution in [0.1, 0.15) is 32.6 Å². The minimum Gasteiger partial charge on any atom is -0.478 e. The van der Waals surface area contributed by atoms with E-state index in [1.165, 1.54) is 18.2 Å². The highest BCUT2D eigenvalue weighted by molar-refractivity contribution is 7.46. The van der Waals surface area contributed by atoms with E-state index in [0.29, 0.717) is 6.42 Å². The van der Waals surface area contributed by atoms with E-state index >= 15 is 0 Å². The molecule has 0 amide bonds. The van der Waals surface area contributed by atoms with Crippen molar-refractivity contribution in [1.82, 2.24) is 0 Å². The molecule has 1 aliphatic carbocycles. The molecule has 0 heterocycles. The minimum atomic E-state index is -4.63. The Morgan fingerprint density at radius 3 is 2.41 bits per heavy atom. The molecule has 0 saturated carbocycles. The Hall–Kier alpha value is -1.63. The smallest absolute Gasteiger partial charge is 0.469 e. The van der Waals surface area contributed by atoms with Crippen LogP contribution in [0.4, 0.5) is 0 Å². The number of aliphatic carboxylic acids is 1. The summed E-state index contributed by atoms with van der Waals surface area (Å²) in [4.78, 5) is 42.3. The van der Waals surface area contributed by atoms with Crippen LogP contribution in [0, 0.1) is 0 Å². The molecular formula is C16H28NO11P. The van der Waals surface area contributed by atoms with Gasteiger partial charge in [0.25, 0.3) is 0 Å². The number of carbonyl (C=O) groups is 2. The summed E-state index contributed by atoms with van der Waals surface area (Å²) in [5, 5.41) is 26.0.